The number of hydrogen-bond acceptors (Lipinski definition) is 12. The predicted molar refractivity (Wildman–Crippen MR) is 271 cm³/mol. The number of aryl methyl sites for hydroxylation is 3. The molecule has 3 aromatic heterocycles. The summed E-state index contributed by atoms with van der Waals surface area (Å²) in [5.74, 6) is -0.859. The highest BCUT2D eigenvalue weighted by atomic mass is 32.1. The number of benzene rings is 3. The van der Waals surface area contributed by atoms with Crippen molar-refractivity contribution in [3.63, 3.8) is 0 Å². The van der Waals surface area contributed by atoms with Crippen molar-refractivity contribution < 1.29 is 29.4 Å². The van der Waals surface area contributed by atoms with Crippen LogP contribution in [0.3, 0.4) is 0 Å². The zero-order valence-electron chi connectivity index (χ0n) is 40.7. The maximum atomic E-state index is 14.5. The molecule has 0 unspecified atom stereocenters. The van der Waals surface area contributed by atoms with E-state index in [0.29, 0.717) is 30.5 Å². The summed E-state index contributed by atoms with van der Waals surface area (Å²) in [4.78, 5) is 69.7. The van der Waals surface area contributed by atoms with Crippen molar-refractivity contribution >= 4 is 52.1 Å². The molecule has 3 amide bonds. The molecule has 364 valence electrons. The van der Waals surface area contributed by atoms with E-state index < -0.39 is 41.5 Å². The summed E-state index contributed by atoms with van der Waals surface area (Å²) < 4.78 is 1.95. The molecule has 3 aromatic carbocycles. The number of fused-ring (bicyclic) bond motifs is 4. The third kappa shape index (κ3) is 9.59. The smallest absolute Gasteiger partial charge is 0.306 e. The number of nitrogens with one attached hydrogen (secondary N) is 2. The Morgan fingerprint density at radius 3 is 2.31 bits per heavy atom. The summed E-state index contributed by atoms with van der Waals surface area (Å²) in [7, 11) is 0. The van der Waals surface area contributed by atoms with Crippen LogP contribution in [0, 0.1) is 33.1 Å². The van der Waals surface area contributed by atoms with Crippen LogP contribution in [0.25, 0.3) is 26.6 Å². The molecular formula is C53H59N9O6S2. The minimum Gasteiger partial charge on any atom is -0.481 e. The molecule has 0 spiro atoms. The van der Waals surface area contributed by atoms with Gasteiger partial charge >= 0.3 is 5.97 Å². The van der Waals surface area contributed by atoms with Crippen molar-refractivity contribution in [2.24, 2.45) is 10.4 Å². The lowest BCUT2D eigenvalue weighted by molar-refractivity contribution is -0.144. The molecule has 1 fully saturated rings. The third-order valence-electron chi connectivity index (χ3n) is 13.9. The Kier molecular flexibility index (Phi) is 13.5. The van der Waals surface area contributed by atoms with Crippen LogP contribution in [-0.2, 0) is 32.1 Å². The number of carboxylic acid groups (broad SMARTS) is 1. The number of thiophene rings is 1. The van der Waals surface area contributed by atoms with Crippen molar-refractivity contribution in [3.8, 4) is 26.6 Å². The van der Waals surface area contributed by atoms with E-state index in [1.807, 2.05) is 88.0 Å². The maximum Gasteiger partial charge on any atom is 0.306 e. The number of aliphatic hydroxyl groups excluding tert-OH is 1. The first kappa shape index (κ1) is 48.6. The van der Waals surface area contributed by atoms with Crippen LogP contribution in [0.15, 0.2) is 77.2 Å². The van der Waals surface area contributed by atoms with Crippen LogP contribution in [0.2, 0.25) is 0 Å². The molecule has 5 atom stereocenters. The van der Waals surface area contributed by atoms with Gasteiger partial charge in [0.25, 0.3) is 0 Å². The van der Waals surface area contributed by atoms with Crippen LogP contribution in [0.5, 0.6) is 0 Å². The molecule has 0 aliphatic carbocycles. The summed E-state index contributed by atoms with van der Waals surface area (Å²) in [6.07, 6.45) is -0.280. The summed E-state index contributed by atoms with van der Waals surface area (Å²) in [6, 6.07) is 19.5. The number of nitrogens with zero attached hydrogens (tertiary/aromatic N) is 7. The zero-order valence-corrected chi connectivity index (χ0v) is 42.4. The first-order valence-corrected chi connectivity index (χ1v) is 25.4. The van der Waals surface area contributed by atoms with Gasteiger partial charge in [-0.1, -0.05) is 87.5 Å². The van der Waals surface area contributed by atoms with E-state index in [-0.39, 0.29) is 43.8 Å². The summed E-state index contributed by atoms with van der Waals surface area (Å²) >= 11 is 3.20. The standard InChI is InChI=1S/C53H59N9O6S2/c1-28-31(4)70-52-45(28)46(56-41(23-44(65)66)49-59-58-32(5)62(49)52)36-16-14-35(15-17-36)39-11-9-10-34-20-21-60(25-40(34)39)26-43(64)57-48(53(6,7)8)51(68)61-24-38(63)22-42(61)50(67)55-29(2)33-12-18-37(19-13-33)47-30(3)54-27-69-47/h9-19,27,29,38,41-42,48,63H,20-26H2,1-8H3,(H,55,67)(H,57,64)(H,65,66)/t29-,38+,41-,42-,48+/m0/s1. The van der Waals surface area contributed by atoms with Crippen LogP contribution in [0.1, 0.15) is 108 Å². The molecule has 6 heterocycles. The second-order valence-corrected chi connectivity index (χ2v) is 21.9. The van der Waals surface area contributed by atoms with Gasteiger partial charge in [-0.05, 0) is 85.4 Å². The number of carbonyl (C=O) groups is 4. The van der Waals surface area contributed by atoms with E-state index >= 15 is 0 Å². The quantitative estimate of drug-likeness (QED) is 0.0957. The minimum absolute atomic E-state index is 0.0135. The highest BCUT2D eigenvalue weighted by Gasteiger charge is 2.45. The fourth-order valence-corrected chi connectivity index (χ4v) is 12.0. The number of likely N-dealkylation sites (tertiary alicyclic amines) is 1. The number of β-amino-alcohol motifs (C(OH)–C–C–N with tert-alkyl or cyclic N) is 1. The SMILES string of the molecule is Cc1ncsc1-c1ccc([C@H](C)NC(=O)[C@@H]2C[C@@H](O)CN2C(=O)[C@@H](NC(=O)CN2CCc3cccc(-c4ccc(C5=N[C@@H](CC(=O)O)c6nnc(C)n6-c6sc(C)c(C)c65)cc4)c3C2)C(C)(C)C)cc1. The lowest BCUT2D eigenvalue weighted by atomic mass is 9.85. The van der Waals surface area contributed by atoms with Gasteiger partial charge in [-0.3, -0.25) is 33.6 Å². The first-order chi connectivity index (χ1) is 33.4. The number of aliphatic hydroxyl groups is 1. The molecular weight excluding hydrogens is 923 g/mol. The number of aliphatic imine (C=N–C) groups is 1. The Labute approximate surface area is 415 Å². The molecule has 6 aromatic rings. The van der Waals surface area contributed by atoms with Crippen LogP contribution >= 0.6 is 22.7 Å². The van der Waals surface area contributed by atoms with Gasteiger partial charge < -0.3 is 25.7 Å². The van der Waals surface area contributed by atoms with Crippen LogP contribution in [0.4, 0.5) is 0 Å². The van der Waals surface area contributed by atoms with Gasteiger partial charge in [-0.2, -0.15) is 0 Å². The lowest BCUT2D eigenvalue weighted by Gasteiger charge is -2.36. The van der Waals surface area contributed by atoms with Gasteiger partial charge in [0.2, 0.25) is 17.7 Å². The van der Waals surface area contributed by atoms with Gasteiger partial charge in [0.1, 0.15) is 29.0 Å². The molecule has 3 aliphatic rings. The van der Waals surface area contributed by atoms with Gasteiger partial charge in [-0.15, -0.1) is 32.9 Å². The van der Waals surface area contributed by atoms with Crippen molar-refractivity contribution in [2.75, 3.05) is 19.6 Å². The molecule has 1 saturated heterocycles. The monoisotopic (exact) mass is 981 g/mol. The van der Waals surface area contributed by atoms with E-state index in [2.05, 4.69) is 74.9 Å². The van der Waals surface area contributed by atoms with Crippen LogP contribution in [-0.4, -0.2) is 107 Å². The Balaban J connectivity index is 0.886. The molecule has 4 N–H and O–H groups in total. The van der Waals surface area contributed by atoms with Crippen molar-refractivity contribution in [1.82, 2.24) is 40.2 Å². The number of hydrogen-bond donors (Lipinski definition) is 4. The van der Waals surface area contributed by atoms with Gasteiger partial charge in [0.15, 0.2) is 5.82 Å². The number of carbonyl (C=O) groups excluding carboxylic acids is 3. The van der Waals surface area contributed by atoms with E-state index in [0.717, 1.165) is 71.4 Å². The lowest BCUT2D eigenvalue weighted by Crippen LogP contribution is -2.58. The summed E-state index contributed by atoms with van der Waals surface area (Å²) in [5.41, 5.74) is 12.0. The Morgan fingerprint density at radius 1 is 0.914 bits per heavy atom. The number of aromatic nitrogens is 4. The highest BCUT2D eigenvalue weighted by Crippen LogP contribution is 2.40. The number of thiazole rings is 1. The van der Waals surface area contributed by atoms with Gasteiger partial charge in [-0.25, -0.2) is 4.98 Å². The molecule has 15 nitrogen and oxygen atoms in total. The summed E-state index contributed by atoms with van der Waals surface area (Å²) in [5, 5.41) is 36.5. The molecule has 9 rings (SSSR count). The average molecular weight is 982 g/mol. The second kappa shape index (κ2) is 19.4. The molecule has 17 heteroatoms. The molecule has 70 heavy (non-hydrogen) atoms. The van der Waals surface area contributed by atoms with E-state index in [4.69, 9.17) is 4.99 Å². The highest BCUT2D eigenvalue weighted by molar-refractivity contribution is 7.15. The van der Waals surface area contributed by atoms with Gasteiger partial charge in [0.05, 0.1) is 46.9 Å². The van der Waals surface area contributed by atoms with Crippen molar-refractivity contribution in [1.29, 1.82) is 0 Å². The fourth-order valence-electron chi connectivity index (χ4n) is 9.97. The third-order valence-corrected chi connectivity index (χ3v) is 16.0. The van der Waals surface area contributed by atoms with Crippen molar-refractivity contribution in [2.45, 2.75) is 111 Å². The zero-order chi connectivity index (χ0) is 49.8. The first-order valence-electron chi connectivity index (χ1n) is 23.7. The maximum absolute atomic E-state index is 14.5. The Bertz CT molecular complexity index is 3020. The van der Waals surface area contributed by atoms with E-state index in [1.165, 1.54) is 10.5 Å². The number of amides is 3. The number of carboxylic acids is 1. The fraction of sp³-hybridized carbons (Fsp3) is 0.396. The molecule has 0 radical (unpaired) electrons. The molecule has 0 saturated carbocycles. The Morgan fingerprint density at radius 2 is 1.63 bits per heavy atom. The Hall–Kier alpha value is -6.40. The summed E-state index contributed by atoms with van der Waals surface area (Å²) in [6.45, 7) is 16.7. The van der Waals surface area contributed by atoms with E-state index in [1.54, 1.807) is 22.7 Å². The van der Waals surface area contributed by atoms with E-state index in [9.17, 15) is 29.4 Å². The predicted octanol–water partition coefficient (Wildman–Crippen LogP) is 7.45. The second-order valence-electron chi connectivity index (χ2n) is 19.9. The van der Waals surface area contributed by atoms with Crippen molar-refractivity contribution in [3.05, 3.63) is 128 Å². The number of rotatable bonds is 12. The molecule has 0 bridgehead atoms. The number of aliphatic carboxylic acids is 1. The normalized spacial score (nSPS) is 18.8. The topological polar surface area (TPSA) is 195 Å². The van der Waals surface area contributed by atoms with Gasteiger partial charge in [0, 0.05) is 42.1 Å². The average Bonchev–Trinajstić information content (AvgIpc) is 4.09. The minimum atomic E-state index is -0.971. The van der Waals surface area contributed by atoms with Crippen LogP contribution < -0.4 is 10.6 Å². The largest absolute Gasteiger partial charge is 0.481 e. The molecule has 3 aliphatic heterocycles.